The van der Waals surface area contributed by atoms with Gasteiger partial charge in [-0.1, -0.05) is 0 Å². The largest absolute Gasteiger partial charge is 0.384 e. The van der Waals surface area contributed by atoms with Crippen LogP contribution >= 0.6 is 0 Å². The fourth-order valence-corrected chi connectivity index (χ4v) is 2.59. The maximum absolute atomic E-state index is 12.6. The fraction of sp³-hybridized carbons (Fsp3) is 0.600. The summed E-state index contributed by atoms with van der Waals surface area (Å²) < 4.78 is 5.28. The summed E-state index contributed by atoms with van der Waals surface area (Å²) in [6, 6.07) is 3.77. The van der Waals surface area contributed by atoms with Crippen molar-refractivity contribution in [1.82, 2.24) is 10.3 Å². The lowest BCUT2D eigenvalue weighted by Crippen LogP contribution is -2.47. The van der Waals surface area contributed by atoms with Crippen molar-refractivity contribution in [3.63, 3.8) is 0 Å². The topological polar surface area (TPSA) is 66.5 Å². The average molecular weight is 292 g/mol. The Hall–Kier alpha value is -1.66. The van der Waals surface area contributed by atoms with Crippen molar-refractivity contribution in [3.8, 4) is 0 Å². The molecule has 1 aromatic rings. The van der Waals surface area contributed by atoms with E-state index in [-0.39, 0.29) is 5.91 Å². The van der Waals surface area contributed by atoms with Gasteiger partial charge in [-0.25, -0.2) is 4.98 Å². The minimum Gasteiger partial charge on any atom is -0.384 e. The number of hydrogen-bond donors (Lipinski definition) is 2. The smallest absolute Gasteiger partial charge is 0.234 e. The van der Waals surface area contributed by atoms with E-state index in [0.29, 0.717) is 12.4 Å². The van der Waals surface area contributed by atoms with Gasteiger partial charge in [0.15, 0.2) is 0 Å². The molecule has 1 amide bonds. The molecule has 6 heteroatoms. The van der Waals surface area contributed by atoms with Gasteiger partial charge in [-0.3, -0.25) is 4.79 Å². The van der Waals surface area contributed by atoms with Gasteiger partial charge < -0.3 is 20.3 Å². The third kappa shape index (κ3) is 3.71. The highest BCUT2D eigenvalue weighted by Gasteiger charge is 2.39. The van der Waals surface area contributed by atoms with Crippen LogP contribution in [0, 0.1) is 5.41 Å². The van der Waals surface area contributed by atoms with Gasteiger partial charge >= 0.3 is 0 Å². The summed E-state index contributed by atoms with van der Waals surface area (Å²) in [6.07, 6.45) is 3.31. The Bertz CT molecular complexity index is 462. The van der Waals surface area contributed by atoms with Crippen LogP contribution in [-0.4, -0.2) is 51.8 Å². The fourth-order valence-electron chi connectivity index (χ4n) is 2.59. The van der Waals surface area contributed by atoms with Crippen LogP contribution in [0.25, 0.3) is 0 Å². The molecule has 0 radical (unpaired) electrons. The Morgan fingerprint density at radius 1 is 1.43 bits per heavy atom. The minimum atomic E-state index is -0.456. The first-order chi connectivity index (χ1) is 10.1. The quantitative estimate of drug-likeness (QED) is 0.851. The molecule has 1 saturated heterocycles. The molecule has 0 unspecified atom stereocenters. The number of methoxy groups -OCH3 is 1. The van der Waals surface area contributed by atoms with Crippen LogP contribution in [0.5, 0.6) is 0 Å². The normalized spacial score (nSPS) is 17.3. The van der Waals surface area contributed by atoms with E-state index in [1.807, 2.05) is 31.1 Å². The van der Waals surface area contributed by atoms with E-state index in [2.05, 4.69) is 15.6 Å². The Morgan fingerprint density at radius 3 is 2.67 bits per heavy atom. The van der Waals surface area contributed by atoms with Crippen LogP contribution in [0.1, 0.15) is 12.8 Å². The summed E-state index contributed by atoms with van der Waals surface area (Å²) in [7, 11) is 5.55. The molecule has 0 aromatic carbocycles. The van der Waals surface area contributed by atoms with E-state index in [1.54, 1.807) is 13.3 Å². The van der Waals surface area contributed by atoms with Crippen LogP contribution < -0.4 is 15.5 Å². The molecule has 21 heavy (non-hydrogen) atoms. The van der Waals surface area contributed by atoms with Crippen LogP contribution in [0.15, 0.2) is 18.3 Å². The van der Waals surface area contributed by atoms with Crippen LogP contribution in [0.4, 0.5) is 11.5 Å². The molecule has 1 aliphatic rings. The standard InChI is InChI=1S/C15H24N4O2/c1-19(2)12-4-5-13(17-10-12)18-14(20)15(11-21-3)6-8-16-9-7-15/h4-5,10,16H,6-9,11H2,1-3H3,(H,17,18,20). The molecule has 2 rings (SSSR count). The van der Waals surface area contributed by atoms with E-state index in [4.69, 9.17) is 4.74 Å². The number of ether oxygens (including phenoxy) is 1. The second kappa shape index (κ2) is 6.87. The van der Waals surface area contributed by atoms with Crippen molar-refractivity contribution in [2.24, 2.45) is 5.41 Å². The highest BCUT2D eigenvalue weighted by atomic mass is 16.5. The molecular weight excluding hydrogens is 268 g/mol. The third-order valence-corrected chi connectivity index (χ3v) is 3.97. The molecule has 0 bridgehead atoms. The zero-order valence-corrected chi connectivity index (χ0v) is 13.0. The van der Waals surface area contributed by atoms with Gasteiger partial charge in [-0.2, -0.15) is 0 Å². The first kappa shape index (κ1) is 15.7. The molecule has 1 fully saturated rings. The number of aromatic nitrogens is 1. The predicted octanol–water partition coefficient (Wildman–Crippen LogP) is 1.10. The van der Waals surface area contributed by atoms with E-state index >= 15 is 0 Å². The Labute approximate surface area is 125 Å². The van der Waals surface area contributed by atoms with Crippen LogP contribution in [0.3, 0.4) is 0 Å². The average Bonchev–Trinajstić information content (AvgIpc) is 2.49. The number of nitrogens with one attached hydrogen (secondary N) is 2. The van der Waals surface area contributed by atoms with Crippen molar-refractivity contribution in [1.29, 1.82) is 0 Å². The first-order valence-corrected chi connectivity index (χ1v) is 7.22. The number of nitrogens with zero attached hydrogens (tertiary/aromatic N) is 2. The van der Waals surface area contributed by atoms with E-state index in [9.17, 15) is 4.79 Å². The Balaban J connectivity index is 2.07. The summed E-state index contributed by atoms with van der Waals surface area (Å²) in [6.45, 7) is 2.11. The zero-order chi connectivity index (χ0) is 15.3. The molecular formula is C15H24N4O2. The zero-order valence-electron chi connectivity index (χ0n) is 13.0. The van der Waals surface area contributed by atoms with Gasteiger partial charge in [0.2, 0.25) is 5.91 Å². The Morgan fingerprint density at radius 2 is 2.14 bits per heavy atom. The molecule has 6 nitrogen and oxygen atoms in total. The van der Waals surface area contributed by atoms with Gasteiger partial charge in [0.25, 0.3) is 0 Å². The maximum Gasteiger partial charge on any atom is 0.234 e. The SMILES string of the molecule is COCC1(C(=O)Nc2ccc(N(C)C)cn2)CCNCC1. The first-order valence-electron chi connectivity index (χ1n) is 7.22. The molecule has 116 valence electrons. The number of rotatable bonds is 5. The highest BCUT2D eigenvalue weighted by Crippen LogP contribution is 2.30. The Kier molecular flexibility index (Phi) is 5.14. The van der Waals surface area contributed by atoms with Crippen molar-refractivity contribution in [2.75, 3.05) is 51.1 Å². The predicted molar refractivity (Wildman–Crippen MR) is 83.6 cm³/mol. The summed E-state index contributed by atoms with van der Waals surface area (Å²) in [5.74, 6) is 0.579. The molecule has 2 heterocycles. The summed E-state index contributed by atoms with van der Waals surface area (Å²) in [5.41, 5.74) is 0.545. The summed E-state index contributed by atoms with van der Waals surface area (Å²) >= 11 is 0. The van der Waals surface area contributed by atoms with Crippen molar-refractivity contribution >= 4 is 17.4 Å². The second-order valence-electron chi connectivity index (χ2n) is 5.71. The lowest BCUT2D eigenvalue weighted by atomic mass is 9.78. The molecule has 0 aliphatic carbocycles. The van der Waals surface area contributed by atoms with E-state index in [0.717, 1.165) is 31.6 Å². The molecule has 0 atom stereocenters. The molecule has 1 aromatic heterocycles. The van der Waals surface area contributed by atoms with Crippen molar-refractivity contribution in [3.05, 3.63) is 18.3 Å². The van der Waals surface area contributed by atoms with Crippen LogP contribution in [0.2, 0.25) is 0 Å². The number of amides is 1. The summed E-state index contributed by atoms with van der Waals surface area (Å²) in [5, 5.41) is 6.21. The number of anilines is 2. The number of carbonyl (C=O) groups excluding carboxylic acids is 1. The number of carbonyl (C=O) groups is 1. The number of hydrogen-bond acceptors (Lipinski definition) is 5. The van der Waals surface area contributed by atoms with E-state index < -0.39 is 5.41 Å². The number of pyridine rings is 1. The van der Waals surface area contributed by atoms with Gasteiger partial charge in [-0.15, -0.1) is 0 Å². The van der Waals surface area contributed by atoms with E-state index in [1.165, 1.54) is 0 Å². The van der Waals surface area contributed by atoms with Crippen molar-refractivity contribution < 1.29 is 9.53 Å². The highest BCUT2D eigenvalue weighted by molar-refractivity contribution is 5.94. The van der Waals surface area contributed by atoms with Gasteiger partial charge in [0, 0.05) is 21.2 Å². The number of piperidine rings is 1. The minimum absolute atomic E-state index is 0.00375. The lowest BCUT2D eigenvalue weighted by Gasteiger charge is -2.35. The molecule has 0 spiro atoms. The maximum atomic E-state index is 12.6. The van der Waals surface area contributed by atoms with Crippen molar-refractivity contribution in [2.45, 2.75) is 12.8 Å². The van der Waals surface area contributed by atoms with Gasteiger partial charge in [-0.05, 0) is 38.1 Å². The third-order valence-electron chi connectivity index (χ3n) is 3.97. The van der Waals surface area contributed by atoms with Gasteiger partial charge in [0.05, 0.1) is 23.9 Å². The molecule has 2 N–H and O–H groups in total. The summed E-state index contributed by atoms with van der Waals surface area (Å²) in [4.78, 5) is 18.9. The molecule has 0 saturated carbocycles. The van der Waals surface area contributed by atoms with Gasteiger partial charge in [0.1, 0.15) is 5.82 Å². The van der Waals surface area contributed by atoms with Crippen LogP contribution in [-0.2, 0) is 9.53 Å². The monoisotopic (exact) mass is 292 g/mol. The lowest BCUT2D eigenvalue weighted by molar-refractivity contribution is -0.130. The molecule has 1 aliphatic heterocycles. The second-order valence-corrected chi connectivity index (χ2v) is 5.71.